The van der Waals surface area contributed by atoms with Crippen molar-refractivity contribution in [3.8, 4) is 0 Å². The van der Waals surface area contributed by atoms with E-state index in [0.29, 0.717) is 25.0 Å². The van der Waals surface area contributed by atoms with Crippen LogP contribution in [0.25, 0.3) is 0 Å². The molecule has 2 atom stereocenters. The number of hydrogen-bond acceptors (Lipinski definition) is 3. The SMILES string of the molecule is O=C(O)N1CCN(C2CCN(Cc3ccccc3)CC2c2ccc(Cl)cc2)CC1. The molecule has 0 radical (unpaired) electrons. The Morgan fingerprint density at radius 1 is 0.966 bits per heavy atom. The summed E-state index contributed by atoms with van der Waals surface area (Å²) in [5.74, 6) is 0.390. The van der Waals surface area contributed by atoms with Crippen LogP contribution in [0.4, 0.5) is 4.79 Å². The summed E-state index contributed by atoms with van der Waals surface area (Å²) in [5, 5.41) is 10.0. The van der Waals surface area contributed by atoms with E-state index in [9.17, 15) is 9.90 Å². The fraction of sp³-hybridized carbons (Fsp3) is 0.435. The second-order valence-corrected chi connectivity index (χ2v) is 8.48. The number of halogens is 1. The first-order valence-corrected chi connectivity index (χ1v) is 10.7. The van der Waals surface area contributed by atoms with Crippen LogP contribution in [0.3, 0.4) is 0 Å². The Labute approximate surface area is 177 Å². The van der Waals surface area contributed by atoms with Gasteiger partial charge in [-0.25, -0.2) is 4.79 Å². The number of rotatable bonds is 4. The Morgan fingerprint density at radius 3 is 2.31 bits per heavy atom. The summed E-state index contributed by atoms with van der Waals surface area (Å²) < 4.78 is 0. The standard InChI is InChI=1S/C23H28ClN3O2/c24-20-8-6-19(7-9-20)21-17-25(16-18-4-2-1-3-5-18)11-10-22(21)26-12-14-27(15-13-26)23(28)29/h1-9,21-22H,10-17H2,(H,28,29). The van der Waals surface area contributed by atoms with Gasteiger partial charge in [0.25, 0.3) is 0 Å². The summed E-state index contributed by atoms with van der Waals surface area (Å²) in [5.41, 5.74) is 2.66. The highest BCUT2D eigenvalue weighted by atomic mass is 35.5. The van der Waals surface area contributed by atoms with Crippen LogP contribution in [-0.2, 0) is 6.54 Å². The second kappa shape index (κ2) is 9.16. The third-order valence-corrected chi connectivity index (χ3v) is 6.51. The van der Waals surface area contributed by atoms with E-state index < -0.39 is 6.09 Å². The van der Waals surface area contributed by atoms with E-state index in [1.807, 2.05) is 12.1 Å². The number of likely N-dealkylation sites (tertiary alicyclic amines) is 1. The normalized spacial score (nSPS) is 23.8. The average Bonchev–Trinajstić information content (AvgIpc) is 2.75. The first kappa shape index (κ1) is 20.2. The number of amides is 1. The number of carbonyl (C=O) groups is 1. The molecule has 0 saturated carbocycles. The molecule has 6 heteroatoms. The Balaban J connectivity index is 1.50. The minimum absolute atomic E-state index is 0.390. The number of nitrogens with zero attached hydrogens (tertiary/aromatic N) is 3. The van der Waals surface area contributed by atoms with Crippen molar-refractivity contribution in [2.24, 2.45) is 0 Å². The molecule has 2 heterocycles. The minimum Gasteiger partial charge on any atom is -0.465 e. The van der Waals surface area contributed by atoms with Gasteiger partial charge in [-0.15, -0.1) is 0 Å². The largest absolute Gasteiger partial charge is 0.465 e. The highest BCUT2D eigenvalue weighted by Gasteiger charge is 2.36. The van der Waals surface area contributed by atoms with Crippen LogP contribution in [0.1, 0.15) is 23.5 Å². The molecule has 154 valence electrons. The molecule has 2 aliphatic heterocycles. The molecule has 4 rings (SSSR count). The zero-order chi connectivity index (χ0) is 20.2. The molecule has 2 aliphatic rings. The lowest BCUT2D eigenvalue weighted by atomic mass is 9.84. The monoisotopic (exact) mass is 413 g/mol. The number of hydrogen-bond donors (Lipinski definition) is 1. The summed E-state index contributed by atoms with van der Waals surface area (Å²) in [7, 11) is 0. The summed E-state index contributed by atoms with van der Waals surface area (Å²) in [6.07, 6.45) is 0.282. The molecule has 1 amide bonds. The molecule has 2 aromatic rings. The van der Waals surface area contributed by atoms with Gasteiger partial charge < -0.3 is 10.0 Å². The van der Waals surface area contributed by atoms with Crippen molar-refractivity contribution >= 4 is 17.7 Å². The Kier molecular flexibility index (Phi) is 6.38. The van der Waals surface area contributed by atoms with Crippen molar-refractivity contribution in [1.82, 2.24) is 14.7 Å². The number of carboxylic acid groups (broad SMARTS) is 1. The Bertz CT molecular complexity index is 807. The predicted octanol–water partition coefficient (Wildman–Crippen LogP) is 3.99. The van der Waals surface area contributed by atoms with Gasteiger partial charge in [0.2, 0.25) is 0 Å². The molecule has 29 heavy (non-hydrogen) atoms. The topological polar surface area (TPSA) is 47.0 Å². The van der Waals surface area contributed by atoms with Crippen LogP contribution >= 0.6 is 11.6 Å². The van der Waals surface area contributed by atoms with E-state index in [4.69, 9.17) is 11.6 Å². The second-order valence-electron chi connectivity index (χ2n) is 8.04. The fourth-order valence-corrected chi connectivity index (χ4v) is 4.84. The first-order valence-electron chi connectivity index (χ1n) is 10.3. The third kappa shape index (κ3) is 4.92. The van der Waals surface area contributed by atoms with Gasteiger partial charge >= 0.3 is 6.09 Å². The molecule has 1 N–H and O–H groups in total. The smallest absolute Gasteiger partial charge is 0.407 e. The molecule has 2 fully saturated rings. The van der Waals surface area contributed by atoms with Crippen molar-refractivity contribution < 1.29 is 9.90 Å². The van der Waals surface area contributed by atoms with Crippen molar-refractivity contribution in [2.75, 3.05) is 39.3 Å². The molecule has 2 saturated heterocycles. The van der Waals surface area contributed by atoms with Gasteiger partial charge in [-0.1, -0.05) is 54.1 Å². The van der Waals surface area contributed by atoms with Crippen molar-refractivity contribution in [3.63, 3.8) is 0 Å². The zero-order valence-electron chi connectivity index (χ0n) is 16.6. The van der Waals surface area contributed by atoms with Crippen molar-refractivity contribution in [1.29, 1.82) is 0 Å². The van der Waals surface area contributed by atoms with Gasteiger partial charge in [0.15, 0.2) is 0 Å². The van der Waals surface area contributed by atoms with Crippen LogP contribution in [0.5, 0.6) is 0 Å². The molecule has 2 aromatic carbocycles. The average molecular weight is 414 g/mol. The maximum atomic E-state index is 11.3. The highest BCUT2D eigenvalue weighted by Crippen LogP contribution is 2.33. The Hall–Kier alpha value is -2.08. The maximum absolute atomic E-state index is 11.3. The zero-order valence-corrected chi connectivity index (χ0v) is 17.3. The van der Waals surface area contributed by atoms with E-state index in [-0.39, 0.29) is 0 Å². The van der Waals surface area contributed by atoms with Crippen LogP contribution in [0.15, 0.2) is 54.6 Å². The van der Waals surface area contributed by atoms with Gasteiger partial charge in [-0.2, -0.15) is 0 Å². The molecule has 0 aliphatic carbocycles. The lowest BCUT2D eigenvalue weighted by Gasteiger charge is -2.46. The summed E-state index contributed by atoms with van der Waals surface area (Å²) in [6, 6.07) is 19.3. The Morgan fingerprint density at radius 2 is 1.66 bits per heavy atom. The van der Waals surface area contributed by atoms with Crippen LogP contribution in [0, 0.1) is 0 Å². The minimum atomic E-state index is -0.809. The van der Waals surface area contributed by atoms with E-state index in [0.717, 1.165) is 44.2 Å². The number of benzene rings is 2. The number of piperazine rings is 1. The first-order chi connectivity index (χ1) is 14.1. The van der Waals surface area contributed by atoms with Crippen molar-refractivity contribution in [2.45, 2.75) is 24.9 Å². The van der Waals surface area contributed by atoms with Gasteiger partial charge in [-0.05, 0) is 29.7 Å². The molecule has 5 nitrogen and oxygen atoms in total. The van der Waals surface area contributed by atoms with Crippen LogP contribution in [0.2, 0.25) is 5.02 Å². The summed E-state index contributed by atoms with van der Waals surface area (Å²) in [4.78, 5) is 17.8. The molecule has 0 bridgehead atoms. The van der Waals surface area contributed by atoms with E-state index in [1.165, 1.54) is 16.0 Å². The van der Waals surface area contributed by atoms with Gasteiger partial charge in [0.05, 0.1) is 0 Å². The maximum Gasteiger partial charge on any atom is 0.407 e. The predicted molar refractivity (Wildman–Crippen MR) is 115 cm³/mol. The van der Waals surface area contributed by atoms with Crippen LogP contribution < -0.4 is 0 Å². The van der Waals surface area contributed by atoms with Gasteiger partial charge in [0.1, 0.15) is 0 Å². The van der Waals surface area contributed by atoms with Gasteiger partial charge in [0, 0.05) is 62.8 Å². The van der Waals surface area contributed by atoms with E-state index in [1.54, 1.807) is 0 Å². The molecule has 2 unspecified atom stereocenters. The lowest BCUT2D eigenvalue weighted by molar-refractivity contribution is 0.0441. The van der Waals surface area contributed by atoms with E-state index in [2.05, 4.69) is 52.3 Å². The van der Waals surface area contributed by atoms with Crippen LogP contribution in [-0.4, -0.2) is 71.2 Å². The summed E-state index contributed by atoms with van der Waals surface area (Å²) >= 11 is 6.14. The molecular formula is C23H28ClN3O2. The molecule has 0 spiro atoms. The fourth-order valence-electron chi connectivity index (χ4n) is 4.71. The molecule has 0 aromatic heterocycles. The highest BCUT2D eigenvalue weighted by molar-refractivity contribution is 6.30. The lowest BCUT2D eigenvalue weighted by Crippen LogP contribution is -2.56. The summed E-state index contributed by atoms with van der Waals surface area (Å²) in [6.45, 7) is 5.81. The van der Waals surface area contributed by atoms with Gasteiger partial charge in [-0.3, -0.25) is 9.80 Å². The molecular weight excluding hydrogens is 386 g/mol. The number of piperidine rings is 1. The third-order valence-electron chi connectivity index (χ3n) is 6.26. The van der Waals surface area contributed by atoms with E-state index >= 15 is 0 Å². The quantitative estimate of drug-likeness (QED) is 0.823. The van der Waals surface area contributed by atoms with Crippen molar-refractivity contribution in [3.05, 3.63) is 70.7 Å².